The van der Waals surface area contributed by atoms with Gasteiger partial charge in [-0.15, -0.1) is 0 Å². The number of benzene rings is 2. The first-order valence-corrected chi connectivity index (χ1v) is 11.9. The van der Waals surface area contributed by atoms with Crippen molar-refractivity contribution in [3.8, 4) is 0 Å². The summed E-state index contributed by atoms with van der Waals surface area (Å²) in [6.45, 7) is 0.946. The van der Waals surface area contributed by atoms with Gasteiger partial charge in [0.15, 0.2) is 0 Å². The van der Waals surface area contributed by atoms with Crippen LogP contribution in [0.5, 0.6) is 0 Å². The number of halogens is 2. The number of rotatable bonds is 5. The van der Waals surface area contributed by atoms with Crippen LogP contribution >= 0.6 is 9.24 Å². The predicted octanol–water partition coefficient (Wildman–Crippen LogP) is 5.34. The topological polar surface area (TPSA) is 49.4 Å². The molecular weight excluding hydrogens is 429 g/mol. The highest BCUT2D eigenvalue weighted by Gasteiger charge is 2.36. The second kappa shape index (κ2) is 9.66. The van der Waals surface area contributed by atoms with Gasteiger partial charge in [-0.25, -0.2) is 0 Å². The number of fused-ring (bicyclic) bond motifs is 1. The molecule has 2 aromatic carbocycles. The number of nitrogens with one attached hydrogen (secondary N) is 1. The van der Waals surface area contributed by atoms with Crippen molar-refractivity contribution < 1.29 is 18.4 Å². The van der Waals surface area contributed by atoms with Crippen molar-refractivity contribution in [2.45, 2.75) is 56.8 Å². The summed E-state index contributed by atoms with van der Waals surface area (Å²) >= 11 is 0. The van der Waals surface area contributed by atoms with Crippen molar-refractivity contribution in [1.82, 2.24) is 10.2 Å². The number of hydrogen-bond donors (Lipinski definition) is 1. The Morgan fingerprint density at radius 1 is 1.00 bits per heavy atom. The van der Waals surface area contributed by atoms with E-state index in [1.54, 1.807) is 36.4 Å². The highest BCUT2D eigenvalue weighted by atomic mass is 31.0. The minimum atomic E-state index is -3.01. The maximum Gasteiger partial charge on any atom is 0.283 e. The lowest BCUT2D eigenvalue weighted by atomic mass is 9.78. The molecule has 1 aliphatic carbocycles. The number of amides is 2. The summed E-state index contributed by atoms with van der Waals surface area (Å²) in [4.78, 5) is 27.7. The summed E-state index contributed by atoms with van der Waals surface area (Å²) in [7, 11) is 1.52. The summed E-state index contributed by atoms with van der Waals surface area (Å²) in [5, 5.41) is 2.76. The zero-order chi connectivity index (χ0) is 22.7. The van der Waals surface area contributed by atoms with E-state index in [4.69, 9.17) is 0 Å². The minimum absolute atomic E-state index is 0.0451. The van der Waals surface area contributed by atoms with Crippen LogP contribution in [0.2, 0.25) is 0 Å². The summed E-state index contributed by atoms with van der Waals surface area (Å²) in [5.74, 6) is 0.359. The van der Waals surface area contributed by atoms with Crippen molar-refractivity contribution >= 4 is 21.1 Å². The first kappa shape index (κ1) is 22.8. The Bertz CT molecular complexity index is 973. The van der Waals surface area contributed by atoms with Gasteiger partial charge >= 0.3 is 0 Å². The molecule has 32 heavy (non-hydrogen) atoms. The molecule has 2 aromatic rings. The number of carbonyl (C=O) groups is 2. The van der Waals surface area contributed by atoms with E-state index >= 15 is 0 Å². The van der Waals surface area contributed by atoms with E-state index in [9.17, 15) is 18.4 Å². The molecule has 1 aliphatic heterocycles. The van der Waals surface area contributed by atoms with E-state index in [1.165, 1.54) is 47.1 Å². The zero-order valence-corrected chi connectivity index (χ0v) is 19.2. The van der Waals surface area contributed by atoms with Crippen LogP contribution in [-0.2, 0) is 12.2 Å². The van der Waals surface area contributed by atoms with Crippen molar-refractivity contribution in [2.75, 3.05) is 6.54 Å². The lowest BCUT2D eigenvalue weighted by molar-refractivity contribution is 0.0390. The Morgan fingerprint density at radius 3 is 2.44 bits per heavy atom. The predicted molar refractivity (Wildman–Crippen MR) is 124 cm³/mol. The zero-order valence-electron chi connectivity index (χ0n) is 18.0. The first-order valence-electron chi connectivity index (χ1n) is 11.3. The second-order valence-electron chi connectivity index (χ2n) is 8.84. The van der Waals surface area contributed by atoms with Crippen molar-refractivity contribution in [1.29, 1.82) is 0 Å². The molecule has 170 valence electrons. The van der Waals surface area contributed by atoms with Crippen LogP contribution in [0.25, 0.3) is 0 Å². The second-order valence-corrected chi connectivity index (χ2v) is 9.56. The van der Waals surface area contributed by atoms with Gasteiger partial charge in [0.25, 0.3) is 17.5 Å². The first-order chi connectivity index (χ1) is 15.3. The summed E-state index contributed by atoms with van der Waals surface area (Å²) < 4.78 is 26.9. The molecule has 0 aromatic heterocycles. The Balaban J connectivity index is 1.38. The number of nitrogens with zero attached hydrogens (tertiary/aromatic N) is 1. The van der Waals surface area contributed by atoms with Gasteiger partial charge in [-0.05, 0) is 67.5 Å². The highest BCUT2D eigenvalue weighted by molar-refractivity contribution is 7.17. The lowest BCUT2D eigenvalue weighted by Gasteiger charge is -2.44. The Kier molecular flexibility index (Phi) is 6.90. The highest BCUT2D eigenvalue weighted by Crippen LogP contribution is 2.36. The molecule has 1 N–H and O–H groups in total. The number of hydrogen-bond acceptors (Lipinski definition) is 2. The number of carbonyl (C=O) groups excluding carboxylic acids is 2. The SMILES string of the molecule is O=C(NCc1cccc(C(F)(F)P)c1)c1ccc(C(=O)N2CCCC3CCCCC32)cc1. The molecule has 1 heterocycles. The number of piperidine rings is 1. The lowest BCUT2D eigenvalue weighted by Crippen LogP contribution is -2.49. The van der Waals surface area contributed by atoms with Gasteiger partial charge in [-0.1, -0.05) is 40.3 Å². The standard InChI is InChI=1S/C25H29F2N2O2P/c26-25(27,32)21-8-3-5-17(15-21)16-28-23(30)19-10-12-20(13-11-19)24(31)29-14-4-7-18-6-1-2-9-22(18)29/h3,5,8,10-13,15,18,22H,1-2,4,6-7,9,14,16,32H2,(H,28,30). The molecular formula is C25H29F2N2O2P. The largest absolute Gasteiger partial charge is 0.348 e. The van der Waals surface area contributed by atoms with Gasteiger partial charge in [0.2, 0.25) is 0 Å². The van der Waals surface area contributed by atoms with Crippen molar-refractivity contribution in [2.24, 2.45) is 5.92 Å². The fraction of sp³-hybridized carbons (Fsp3) is 0.440. The van der Waals surface area contributed by atoms with Gasteiger partial charge in [-0.3, -0.25) is 9.59 Å². The van der Waals surface area contributed by atoms with Crippen LogP contribution in [0.1, 0.15) is 70.4 Å². The van der Waals surface area contributed by atoms with Crippen molar-refractivity contribution in [3.63, 3.8) is 0 Å². The third-order valence-electron chi connectivity index (χ3n) is 6.66. The Labute approximate surface area is 190 Å². The third-order valence-corrected chi connectivity index (χ3v) is 7.00. The van der Waals surface area contributed by atoms with E-state index < -0.39 is 5.66 Å². The molecule has 3 unspecified atom stereocenters. The van der Waals surface area contributed by atoms with E-state index in [2.05, 4.69) is 5.32 Å². The number of alkyl halides is 2. The van der Waals surface area contributed by atoms with Crippen molar-refractivity contribution in [3.05, 3.63) is 70.8 Å². The van der Waals surface area contributed by atoms with E-state index in [0.29, 0.717) is 28.7 Å². The third kappa shape index (κ3) is 5.17. The van der Waals surface area contributed by atoms with Crippen LogP contribution in [0.3, 0.4) is 0 Å². The van der Waals surface area contributed by atoms with Gasteiger partial charge in [0.1, 0.15) is 0 Å². The summed E-state index contributed by atoms with van der Waals surface area (Å²) in [6, 6.07) is 13.0. The molecule has 0 spiro atoms. The van der Waals surface area contributed by atoms with Crippen LogP contribution in [-0.4, -0.2) is 29.3 Å². The number of likely N-dealkylation sites (tertiary alicyclic amines) is 1. The molecule has 0 radical (unpaired) electrons. The Morgan fingerprint density at radius 2 is 1.69 bits per heavy atom. The molecule has 2 amide bonds. The average Bonchev–Trinajstić information content (AvgIpc) is 2.81. The fourth-order valence-electron chi connectivity index (χ4n) is 4.98. The maximum atomic E-state index is 13.5. The summed E-state index contributed by atoms with van der Waals surface area (Å²) in [5.41, 5.74) is -1.49. The average molecular weight is 458 g/mol. The molecule has 1 saturated heterocycles. The summed E-state index contributed by atoms with van der Waals surface area (Å²) in [6.07, 6.45) is 7.01. The van der Waals surface area contributed by atoms with Crippen LogP contribution in [0.4, 0.5) is 8.78 Å². The monoisotopic (exact) mass is 458 g/mol. The molecule has 0 bridgehead atoms. The fourth-order valence-corrected chi connectivity index (χ4v) is 5.16. The van der Waals surface area contributed by atoms with E-state index in [-0.39, 0.29) is 23.9 Å². The molecule has 4 rings (SSSR count). The van der Waals surface area contributed by atoms with Crippen LogP contribution < -0.4 is 5.32 Å². The van der Waals surface area contributed by atoms with Gasteiger partial charge in [-0.2, -0.15) is 8.78 Å². The van der Waals surface area contributed by atoms with Gasteiger partial charge < -0.3 is 10.2 Å². The smallest absolute Gasteiger partial charge is 0.283 e. The molecule has 7 heteroatoms. The molecule has 2 fully saturated rings. The molecule has 4 nitrogen and oxygen atoms in total. The van der Waals surface area contributed by atoms with E-state index in [0.717, 1.165) is 19.4 Å². The molecule has 1 saturated carbocycles. The van der Waals surface area contributed by atoms with Gasteiger partial charge in [0, 0.05) is 35.8 Å². The van der Waals surface area contributed by atoms with Crippen LogP contribution in [0.15, 0.2) is 48.5 Å². The molecule has 3 atom stereocenters. The van der Waals surface area contributed by atoms with Gasteiger partial charge in [0.05, 0.1) is 0 Å². The normalized spacial score (nSPS) is 21.0. The Hall–Kier alpha value is -2.33. The maximum absolute atomic E-state index is 13.5. The quantitative estimate of drug-likeness (QED) is 0.616. The minimum Gasteiger partial charge on any atom is -0.348 e. The molecule has 2 aliphatic rings. The van der Waals surface area contributed by atoms with E-state index in [1.807, 2.05) is 4.90 Å². The van der Waals surface area contributed by atoms with Crippen LogP contribution in [0, 0.1) is 5.92 Å².